The third kappa shape index (κ3) is 20.6. The Kier molecular flexibility index (Phi) is 30.4. The molecule has 1 aromatic heterocycles. The van der Waals surface area contributed by atoms with Crippen LogP contribution in [0.4, 0.5) is 0 Å². The van der Waals surface area contributed by atoms with Gasteiger partial charge in [-0.1, -0.05) is 134 Å². The Morgan fingerprint density at radius 3 is 1.79 bits per heavy atom. The molecule has 3 N–H and O–H groups in total. The summed E-state index contributed by atoms with van der Waals surface area (Å²) in [5, 5.41) is 3.40. The van der Waals surface area contributed by atoms with E-state index >= 15 is 0 Å². The molecule has 0 bridgehead atoms. The van der Waals surface area contributed by atoms with Crippen molar-refractivity contribution in [3.63, 3.8) is 0 Å². The van der Waals surface area contributed by atoms with Gasteiger partial charge in [0.05, 0.1) is 12.8 Å². The predicted octanol–water partition coefficient (Wildman–Crippen LogP) is 9.24. The number of ether oxygens (including phenoxy) is 1. The molecule has 244 valence electrons. The van der Waals surface area contributed by atoms with E-state index in [2.05, 4.69) is 28.9 Å². The molecule has 0 aliphatic rings. The van der Waals surface area contributed by atoms with Crippen molar-refractivity contribution >= 4 is 37.2 Å². The lowest BCUT2D eigenvalue weighted by molar-refractivity contribution is 0.298. The number of nitrogens with one attached hydrogen (secondary N) is 1. The molecular formula is C34H60Cl3N3O2. The normalized spacial score (nSPS) is 10.4. The summed E-state index contributed by atoms with van der Waals surface area (Å²) < 4.78 is 8.10. The maximum Gasteiger partial charge on any atom is 0.223 e. The van der Waals surface area contributed by atoms with Crippen molar-refractivity contribution in [3.8, 4) is 5.75 Å². The van der Waals surface area contributed by atoms with Crippen LogP contribution in [0.1, 0.15) is 127 Å². The van der Waals surface area contributed by atoms with E-state index in [-0.39, 0.29) is 42.6 Å². The van der Waals surface area contributed by atoms with E-state index < -0.39 is 0 Å². The van der Waals surface area contributed by atoms with E-state index in [1.54, 1.807) is 6.07 Å². The van der Waals surface area contributed by atoms with Gasteiger partial charge in [0.15, 0.2) is 5.75 Å². The summed E-state index contributed by atoms with van der Waals surface area (Å²) in [4.78, 5) is 12.8. The number of nitrogens with two attached hydrogens (primary N) is 1. The molecule has 0 atom stereocenters. The van der Waals surface area contributed by atoms with Crippen molar-refractivity contribution in [1.29, 1.82) is 0 Å². The summed E-state index contributed by atoms with van der Waals surface area (Å²) in [5.41, 5.74) is 7.74. The molecule has 0 fully saturated rings. The fourth-order valence-corrected chi connectivity index (χ4v) is 5.06. The Bertz CT molecular complexity index is 913. The van der Waals surface area contributed by atoms with Crippen molar-refractivity contribution in [3.05, 3.63) is 64.1 Å². The van der Waals surface area contributed by atoms with E-state index in [1.807, 2.05) is 24.4 Å². The predicted molar refractivity (Wildman–Crippen MR) is 188 cm³/mol. The molecule has 0 aliphatic heterocycles. The van der Waals surface area contributed by atoms with Crippen LogP contribution < -0.4 is 21.2 Å². The Labute approximate surface area is 275 Å². The Morgan fingerprint density at radius 1 is 0.738 bits per heavy atom. The lowest BCUT2D eigenvalue weighted by atomic mass is 10.0. The van der Waals surface area contributed by atoms with Crippen molar-refractivity contribution < 1.29 is 4.74 Å². The summed E-state index contributed by atoms with van der Waals surface area (Å²) in [6.45, 7) is 5.75. The van der Waals surface area contributed by atoms with Crippen LogP contribution in [0.25, 0.3) is 0 Å². The van der Waals surface area contributed by atoms with Gasteiger partial charge in [-0.2, -0.15) is 0 Å². The van der Waals surface area contributed by atoms with Crippen LogP contribution in [0, 0.1) is 0 Å². The van der Waals surface area contributed by atoms with Gasteiger partial charge in [0.1, 0.15) is 0 Å². The van der Waals surface area contributed by atoms with E-state index in [1.165, 1.54) is 102 Å². The number of aromatic nitrogens is 1. The zero-order chi connectivity index (χ0) is 27.8. The zero-order valence-electron chi connectivity index (χ0n) is 26.2. The first kappa shape index (κ1) is 42.9. The molecule has 0 spiro atoms. The molecule has 0 saturated heterocycles. The first-order chi connectivity index (χ1) is 19.2. The molecule has 42 heavy (non-hydrogen) atoms. The number of benzene rings is 1. The van der Waals surface area contributed by atoms with Crippen LogP contribution >= 0.6 is 37.2 Å². The first-order valence-corrected chi connectivity index (χ1v) is 16.1. The molecule has 0 unspecified atom stereocenters. The lowest BCUT2D eigenvalue weighted by Crippen LogP contribution is -2.23. The summed E-state index contributed by atoms with van der Waals surface area (Å²) >= 11 is 0. The minimum absolute atomic E-state index is 0. The van der Waals surface area contributed by atoms with Crippen molar-refractivity contribution in [2.24, 2.45) is 5.73 Å². The highest BCUT2D eigenvalue weighted by Gasteiger charge is 2.09. The second kappa shape index (κ2) is 29.8. The molecule has 1 heterocycles. The Balaban J connectivity index is 0. The third-order valence-electron chi connectivity index (χ3n) is 7.50. The van der Waals surface area contributed by atoms with Gasteiger partial charge in [-0.3, -0.25) is 4.79 Å². The van der Waals surface area contributed by atoms with Crippen LogP contribution in [0.3, 0.4) is 0 Å². The Hall–Kier alpha value is -1.24. The fraction of sp³-hybridized carbons (Fsp3) is 0.676. The van der Waals surface area contributed by atoms with Crippen LogP contribution in [0.2, 0.25) is 0 Å². The van der Waals surface area contributed by atoms with Crippen molar-refractivity contribution in [1.82, 2.24) is 9.88 Å². The highest BCUT2D eigenvalue weighted by atomic mass is 35.5. The van der Waals surface area contributed by atoms with Gasteiger partial charge in [0.2, 0.25) is 5.43 Å². The molecule has 0 saturated carbocycles. The molecule has 0 amide bonds. The van der Waals surface area contributed by atoms with Crippen LogP contribution in [0.15, 0.2) is 47.4 Å². The molecule has 1 aromatic carbocycles. The van der Waals surface area contributed by atoms with Gasteiger partial charge in [-0.25, -0.2) is 0 Å². The minimum atomic E-state index is -0.0357. The average molecular weight is 649 g/mol. The summed E-state index contributed by atoms with van der Waals surface area (Å²) in [7, 11) is 0. The number of nitrogens with zero attached hydrogens (tertiary/aromatic N) is 1. The van der Waals surface area contributed by atoms with E-state index in [9.17, 15) is 4.79 Å². The largest absolute Gasteiger partial charge is 0.488 e. The SMILES string of the molecule is CCCCCCCCCCCCCCCCCCOc1cn(Cc2ccccc2)c(CNCCCN)cc1=O.Cl.Cl.Cl. The number of halogens is 3. The van der Waals surface area contributed by atoms with Gasteiger partial charge in [-0.05, 0) is 31.5 Å². The van der Waals surface area contributed by atoms with Gasteiger partial charge in [0.25, 0.3) is 0 Å². The molecule has 5 nitrogen and oxygen atoms in total. The third-order valence-corrected chi connectivity index (χ3v) is 7.50. The van der Waals surface area contributed by atoms with E-state index in [4.69, 9.17) is 10.5 Å². The molecular weight excluding hydrogens is 589 g/mol. The van der Waals surface area contributed by atoms with Gasteiger partial charge < -0.3 is 20.4 Å². The second-order valence-corrected chi connectivity index (χ2v) is 11.1. The standard InChI is InChI=1S/C34H57N3O2.3ClH/c1-2-3-4-5-6-7-8-9-10-11-12-13-14-15-16-20-26-39-34-30-37(29-31-22-18-17-19-23-31)32(27-33(34)38)28-36-25-21-24-35;;;/h17-19,22-23,27,30,36H,2-16,20-21,24-26,28-29,35H2,1H3;3*1H. The quantitative estimate of drug-likeness (QED) is 0.105. The van der Waals surface area contributed by atoms with Gasteiger partial charge in [0, 0.05) is 24.8 Å². The summed E-state index contributed by atoms with van der Waals surface area (Å²) in [6, 6.07) is 12.1. The number of pyridine rings is 1. The molecule has 2 rings (SSSR count). The number of rotatable bonds is 25. The van der Waals surface area contributed by atoms with E-state index in [0.717, 1.165) is 25.1 Å². The van der Waals surface area contributed by atoms with Gasteiger partial charge >= 0.3 is 0 Å². The van der Waals surface area contributed by atoms with Gasteiger partial charge in [-0.15, -0.1) is 37.2 Å². The first-order valence-electron chi connectivity index (χ1n) is 16.1. The van der Waals surface area contributed by atoms with Crippen LogP contribution in [0.5, 0.6) is 5.75 Å². The number of hydrogen-bond donors (Lipinski definition) is 2. The minimum Gasteiger partial charge on any atom is -0.488 e. The Morgan fingerprint density at radius 2 is 1.26 bits per heavy atom. The number of hydrogen-bond acceptors (Lipinski definition) is 4. The maximum absolute atomic E-state index is 12.8. The highest BCUT2D eigenvalue weighted by Crippen LogP contribution is 2.15. The molecule has 8 heteroatoms. The topological polar surface area (TPSA) is 69.3 Å². The fourth-order valence-electron chi connectivity index (χ4n) is 5.06. The maximum atomic E-state index is 12.8. The van der Waals surface area contributed by atoms with Crippen LogP contribution in [-0.4, -0.2) is 24.3 Å². The second-order valence-electron chi connectivity index (χ2n) is 11.1. The lowest BCUT2D eigenvalue weighted by Gasteiger charge is -2.16. The van der Waals surface area contributed by atoms with Crippen LogP contribution in [-0.2, 0) is 13.1 Å². The van der Waals surface area contributed by atoms with E-state index in [0.29, 0.717) is 32.0 Å². The zero-order valence-corrected chi connectivity index (χ0v) is 28.6. The molecule has 0 radical (unpaired) electrons. The average Bonchev–Trinajstić information content (AvgIpc) is 2.95. The van der Waals surface area contributed by atoms with Crippen molar-refractivity contribution in [2.45, 2.75) is 129 Å². The van der Waals surface area contributed by atoms with Crippen molar-refractivity contribution in [2.75, 3.05) is 19.7 Å². The highest BCUT2D eigenvalue weighted by molar-refractivity contribution is 5.86. The summed E-state index contributed by atoms with van der Waals surface area (Å²) in [6.07, 6.45) is 24.4. The smallest absolute Gasteiger partial charge is 0.223 e. The molecule has 0 aliphatic carbocycles. The molecule has 2 aromatic rings. The summed E-state index contributed by atoms with van der Waals surface area (Å²) in [5.74, 6) is 0.456. The number of unbranched alkanes of at least 4 members (excludes halogenated alkanes) is 15. The monoisotopic (exact) mass is 647 g/mol.